The van der Waals surface area contributed by atoms with Crippen molar-refractivity contribution in [3.8, 4) is 0 Å². The number of aliphatic hydroxyl groups excluding tert-OH is 1. The van der Waals surface area contributed by atoms with Crippen molar-refractivity contribution in [2.75, 3.05) is 6.61 Å². The summed E-state index contributed by atoms with van der Waals surface area (Å²) in [5.41, 5.74) is 7.30. The summed E-state index contributed by atoms with van der Waals surface area (Å²) >= 11 is 0. The molecule has 1 aliphatic rings. The van der Waals surface area contributed by atoms with Crippen molar-refractivity contribution in [1.29, 1.82) is 0 Å². The molecule has 0 radical (unpaired) electrons. The van der Waals surface area contributed by atoms with Crippen LogP contribution in [0, 0.1) is 0 Å². The minimum atomic E-state index is -0.00956. The highest BCUT2D eigenvalue weighted by Gasteiger charge is 2.15. The molecule has 1 aliphatic heterocycles. The van der Waals surface area contributed by atoms with Crippen LogP contribution in [0.15, 0.2) is 72.4 Å². The highest BCUT2D eigenvalue weighted by atomic mass is 16.2. The van der Waals surface area contributed by atoms with E-state index in [0.717, 1.165) is 46.5 Å². The van der Waals surface area contributed by atoms with Crippen LogP contribution in [0.4, 0.5) is 0 Å². The molecule has 0 amide bonds. The van der Waals surface area contributed by atoms with Crippen LogP contribution < -0.4 is 0 Å². The smallest absolute Gasteiger partial charge is 0.160 e. The molecule has 2 heterocycles. The van der Waals surface area contributed by atoms with E-state index in [-0.39, 0.29) is 12.4 Å². The number of aryl methyl sites for hydroxylation is 1. The zero-order chi connectivity index (χ0) is 22.2. The van der Waals surface area contributed by atoms with Crippen molar-refractivity contribution in [2.45, 2.75) is 33.1 Å². The average molecular weight is 413 g/mol. The van der Waals surface area contributed by atoms with Gasteiger partial charge >= 0.3 is 0 Å². The number of rotatable bonds is 8. The number of nitrogens with zero attached hydrogens (tertiary/aromatic N) is 2. The molecule has 1 N–H and O–H groups in total. The highest BCUT2D eigenvalue weighted by molar-refractivity contribution is 6.03. The molecule has 1 aromatic carbocycles. The number of aliphatic imine (C=N–C) groups is 1. The van der Waals surface area contributed by atoms with E-state index in [1.165, 1.54) is 5.56 Å². The molecular weight excluding hydrogens is 384 g/mol. The molecule has 31 heavy (non-hydrogen) atoms. The first-order valence-corrected chi connectivity index (χ1v) is 10.5. The van der Waals surface area contributed by atoms with E-state index in [1.54, 1.807) is 25.4 Å². The molecule has 4 nitrogen and oxygen atoms in total. The number of ketones is 1. The summed E-state index contributed by atoms with van der Waals surface area (Å²) in [6.45, 7) is 7.79. The zero-order valence-electron chi connectivity index (χ0n) is 18.1. The van der Waals surface area contributed by atoms with Gasteiger partial charge in [0.1, 0.15) is 0 Å². The van der Waals surface area contributed by atoms with E-state index in [2.05, 4.69) is 42.8 Å². The molecule has 0 atom stereocenters. The third kappa shape index (κ3) is 5.62. The maximum Gasteiger partial charge on any atom is 0.160 e. The lowest BCUT2D eigenvalue weighted by atomic mass is 9.98. The van der Waals surface area contributed by atoms with E-state index in [1.807, 2.05) is 24.3 Å². The van der Waals surface area contributed by atoms with Gasteiger partial charge < -0.3 is 5.11 Å². The first-order valence-electron chi connectivity index (χ1n) is 10.5. The van der Waals surface area contributed by atoms with Crippen LogP contribution in [0.5, 0.6) is 0 Å². The SMILES string of the molecule is C=C/C(=C\C=C(/C)c1ccc(CCCO)cc1)c1cc(C(C)=O)c2c(n1)CC=CN=C2. The summed E-state index contributed by atoms with van der Waals surface area (Å²) in [5.74, 6) is -0.00956. The number of hydrogen-bond donors (Lipinski definition) is 1. The Morgan fingerprint density at radius 1 is 1.19 bits per heavy atom. The van der Waals surface area contributed by atoms with Crippen molar-refractivity contribution >= 4 is 23.1 Å². The van der Waals surface area contributed by atoms with E-state index in [0.29, 0.717) is 12.0 Å². The first-order chi connectivity index (χ1) is 15.0. The molecule has 0 aliphatic carbocycles. The molecule has 1 aromatic heterocycles. The molecule has 0 saturated carbocycles. The standard InChI is InChI=1S/C27H28N2O2/c1-4-22(12-9-19(2)23-13-10-21(11-14-23)7-6-16-30)27-17-24(20(3)31)25-18-28-15-5-8-26(25)29-27/h4-5,9-15,17-18,30H,1,6-8,16H2,2-3H3/b19-9+,22-12+. The van der Waals surface area contributed by atoms with Gasteiger partial charge in [0.15, 0.2) is 5.78 Å². The molecular formula is C27H28N2O2. The van der Waals surface area contributed by atoms with Crippen molar-refractivity contribution in [3.63, 3.8) is 0 Å². The van der Waals surface area contributed by atoms with E-state index in [9.17, 15) is 4.79 Å². The highest BCUT2D eigenvalue weighted by Crippen LogP contribution is 2.23. The fraction of sp³-hybridized carbons (Fsp3) is 0.222. The zero-order valence-corrected chi connectivity index (χ0v) is 18.1. The average Bonchev–Trinajstić information content (AvgIpc) is 3.03. The summed E-state index contributed by atoms with van der Waals surface area (Å²) in [5, 5.41) is 8.98. The van der Waals surface area contributed by atoms with Gasteiger partial charge in [-0.2, -0.15) is 0 Å². The Morgan fingerprint density at radius 3 is 2.65 bits per heavy atom. The van der Waals surface area contributed by atoms with E-state index in [4.69, 9.17) is 10.1 Å². The molecule has 0 saturated heterocycles. The number of benzene rings is 1. The Kier molecular flexibility index (Phi) is 7.63. The summed E-state index contributed by atoms with van der Waals surface area (Å²) < 4.78 is 0. The largest absolute Gasteiger partial charge is 0.396 e. The minimum absolute atomic E-state index is 0.00956. The molecule has 0 bridgehead atoms. The maximum atomic E-state index is 12.3. The quantitative estimate of drug-likeness (QED) is 0.468. The molecule has 0 fully saturated rings. The summed E-state index contributed by atoms with van der Waals surface area (Å²) in [4.78, 5) is 21.3. The van der Waals surface area contributed by atoms with Crippen molar-refractivity contribution < 1.29 is 9.90 Å². The fourth-order valence-corrected chi connectivity index (χ4v) is 3.48. The van der Waals surface area contributed by atoms with Crippen LogP contribution in [0.3, 0.4) is 0 Å². The van der Waals surface area contributed by atoms with Crippen molar-refractivity contribution in [3.05, 3.63) is 101 Å². The molecule has 4 heteroatoms. The molecule has 158 valence electrons. The van der Waals surface area contributed by atoms with Crippen molar-refractivity contribution in [2.24, 2.45) is 4.99 Å². The Bertz CT molecular complexity index is 1090. The number of aliphatic hydroxyl groups is 1. The minimum Gasteiger partial charge on any atom is -0.396 e. The summed E-state index contributed by atoms with van der Waals surface area (Å²) in [7, 11) is 0. The Labute approximate surface area is 184 Å². The number of Topliss-reactive ketones (excluding diaryl/α,β-unsaturated/α-hetero) is 1. The van der Waals surface area contributed by atoms with Gasteiger partial charge in [0.2, 0.25) is 0 Å². The number of pyridine rings is 1. The Balaban J connectivity index is 1.92. The second kappa shape index (κ2) is 10.6. The molecule has 0 spiro atoms. The lowest BCUT2D eigenvalue weighted by molar-refractivity contribution is 0.101. The van der Waals surface area contributed by atoms with Crippen molar-refractivity contribution in [1.82, 2.24) is 4.98 Å². The first kappa shape index (κ1) is 22.3. The lowest BCUT2D eigenvalue weighted by Crippen LogP contribution is -2.07. The van der Waals surface area contributed by atoms with E-state index >= 15 is 0 Å². The van der Waals surface area contributed by atoms with Crippen LogP contribution >= 0.6 is 0 Å². The van der Waals surface area contributed by atoms with Gasteiger partial charge in [-0.1, -0.05) is 55.1 Å². The fourth-order valence-electron chi connectivity index (χ4n) is 3.48. The van der Waals surface area contributed by atoms with Crippen LogP contribution in [-0.4, -0.2) is 28.7 Å². The summed E-state index contributed by atoms with van der Waals surface area (Å²) in [6.07, 6.45) is 13.5. The van der Waals surface area contributed by atoms with Crippen LogP contribution in [0.25, 0.3) is 11.1 Å². The number of allylic oxidation sites excluding steroid dienone is 6. The molecule has 0 unspecified atom stereocenters. The predicted octanol–water partition coefficient (Wildman–Crippen LogP) is 5.37. The number of hydrogen-bond acceptors (Lipinski definition) is 4. The van der Waals surface area contributed by atoms with Gasteiger partial charge in [-0.05, 0) is 55.0 Å². The maximum absolute atomic E-state index is 12.3. The normalized spacial score (nSPS) is 13.6. The monoisotopic (exact) mass is 412 g/mol. The van der Waals surface area contributed by atoms with Gasteiger partial charge in [-0.15, -0.1) is 0 Å². The van der Waals surface area contributed by atoms with Crippen LogP contribution in [0.1, 0.15) is 58.7 Å². The third-order valence-corrected chi connectivity index (χ3v) is 5.28. The van der Waals surface area contributed by atoms with Gasteiger partial charge in [0.25, 0.3) is 0 Å². The van der Waals surface area contributed by atoms with Gasteiger partial charge in [-0.25, -0.2) is 0 Å². The predicted molar refractivity (Wildman–Crippen MR) is 128 cm³/mol. The van der Waals surface area contributed by atoms with Crippen LogP contribution in [-0.2, 0) is 12.8 Å². The molecule has 2 aromatic rings. The number of aromatic nitrogens is 1. The second-order valence-corrected chi connectivity index (χ2v) is 7.54. The second-order valence-electron chi connectivity index (χ2n) is 7.54. The number of carbonyl (C=O) groups is 1. The Morgan fingerprint density at radius 2 is 1.97 bits per heavy atom. The van der Waals surface area contributed by atoms with E-state index < -0.39 is 0 Å². The van der Waals surface area contributed by atoms with Gasteiger partial charge in [-0.3, -0.25) is 14.8 Å². The van der Waals surface area contributed by atoms with Gasteiger partial charge in [0, 0.05) is 36.6 Å². The Hall–Kier alpha value is -3.37. The third-order valence-electron chi connectivity index (χ3n) is 5.28. The summed E-state index contributed by atoms with van der Waals surface area (Å²) in [6, 6.07) is 10.2. The van der Waals surface area contributed by atoms with Gasteiger partial charge in [0.05, 0.1) is 11.4 Å². The van der Waals surface area contributed by atoms with Crippen LogP contribution in [0.2, 0.25) is 0 Å². The number of fused-ring (bicyclic) bond motifs is 1. The topological polar surface area (TPSA) is 62.5 Å². The number of carbonyl (C=O) groups excluding carboxylic acids is 1. The molecule has 3 rings (SSSR count). The lowest BCUT2D eigenvalue weighted by Gasteiger charge is -2.11.